The Morgan fingerprint density at radius 1 is 1.00 bits per heavy atom. The summed E-state index contributed by atoms with van der Waals surface area (Å²) in [6.07, 6.45) is 3.04. The molecule has 0 aliphatic heterocycles. The van der Waals surface area contributed by atoms with E-state index >= 15 is 0 Å². The highest BCUT2D eigenvalue weighted by molar-refractivity contribution is 6.38. The van der Waals surface area contributed by atoms with E-state index in [1.807, 2.05) is 37.3 Å². The molecule has 216 valence electrons. The second kappa shape index (κ2) is 14.0. The molecule has 3 aromatic carbocycles. The monoisotopic (exact) mass is 604 g/mol. The van der Waals surface area contributed by atoms with E-state index in [0.29, 0.717) is 21.9 Å². The number of rotatable bonds is 10. The molecule has 0 unspecified atom stereocenters. The zero-order chi connectivity index (χ0) is 30.2. The Morgan fingerprint density at radius 2 is 1.76 bits per heavy atom. The van der Waals surface area contributed by atoms with E-state index in [-0.39, 0.29) is 48.0 Å². The lowest BCUT2D eigenvalue weighted by molar-refractivity contribution is -0.116. The third-order valence-corrected chi connectivity index (χ3v) is 7.32. The standard InChI is InChI=1S/C32H30Cl2N4O4/c1-20-7-11-22-5-4-6-27(30(22)37-20)42-19-25-26(33)15-14-24(29(25)34)32(41)38(3)18-17-36-28(39)16-10-21-8-12-23(13-9-21)31(40)35-2/h4-16H,17-19H2,1-3H3,(H,35,40)(H,36,39)/b16-10+. The molecular formula is C32H30Cl2N4O4. The van der Waals surface area contributed by atoms with E-state index in [2.05, 4.69) is 15.6 Å². The van der Waals surface area contributed by atoms with Gasteiger partial charge in [-0.05, 0) is 55.0 Å². The number of fused-ring (bicyclic) bond motifs is 1. The van der Waals surface area contributed by atoms with Crippen LogP contribution in [0.25, 0.3) is 17.0 Å². The van der Waals surface area contributed by atoms with Crippen LogP contribution in [0.1, 0.15) is 37.5 Å². The van der Waals surface area contributed by atoms with Crippen molar-refractivity contribution in [3.05, 3.63) is 111 Å². The highest BCUT2D eigenvalue weighted by atomic mass is 35.5. The number of carbonyl (C=O) groups excluding carboxylic acids is 3. The van der Waals surface area contributed by atoms with Gasteiger partial charge in [-0.15, -0.1) is 0 Å². The first kappa shape index (κ1) is 30.6. The normalized spacial score (nSPS) is 11.0. The Morgan fingerprint density at radius 3 is 2.50 bits per heavy atom. The fourth-order valence-electron chi connectivity index (χ4n) is 4.15. The number of hydrogen-bond acceptors (Lipinski definition) is 5. The number of ether oxygens (including phenoxy) is 1. The van der Waals surface area contributed by atoms with Gasteiger partial charge in [-0.2, -0.15) is 0 Å². The average molecular weight is 606 g/mol. The molecule has 0 saturated carbocycles. The van der Waals surface area contributed by atoms with Gasteiger partial charge >= 0.3 is 0 Å². The van der Waals surface area contributed by atoms with Crippen LogP contribution in [0.3, 0.4) is 0 Å². The van der Waals surface area contributed by atoms with Crippen LogP contribution in [0.4, 0.5) is 0 Å². The molecule has 4 rings (SSSR count). The van der Waals surface area contributed by atoms with Gasteiger partial charge < -0.3 is 20.3 Å². The number of carbonyl (C=O) groups is 3. The lowest BCUT2D eigenvalue weighted by Gasteiger charge is -2.19. The lowest BCUT2D eigenvalue weighted by Crippen LogP contribution is -2.35. The Hall–Kier alpha value is -4.40. The smallest absolute Gasteiger partial charge is 0.255 e. The topological polar surface area (TPSA) is 101 Å². The largest absolute Gasteiger partial charge is 0.487 e. The van der Waals surface area contributed by atoms with Gasteiger partial charge in [-0.25, -0.2) is 4.98 Å². The van der Waals surface area contributed by atoms with Gasteiger partial charge in [-0.1, -0.05) is 53.5 Å². The summed E-state index contributed by atoms with van der Waals surface area (Å²) in [5.41, 5.74) is 3.67. The summed E-state index contributed by atoms with van der Waals surface area (Å²) < 4.78 is 6.06. The Kier molecular flexibility index (Phi) is 10.2. The summed E-state index contributed by atoms with van der Waals surface area (Å²) in [4.78, 5) is 43.2. The van der Waals surface area contributed by atoms with Crippen LogP contribution in [-0.2, 0) is 11.4 Å². The van der Waals surface area contributed by atoms with E-state index in [0.717, 1.165) is 22.2 Å². The molecule has 0 bridgehead atoms. The van der Waals surface area contributed by atoms with Crippen molar-refractivity contribution in [2.45, 2.75) is 13.5 Å². The van der Waals surface area contributed by atoms with Crippen molar-refractivity contribution in [2.75, 3.05) is 27.2 Å². The van der Waals surface area contributed by atoms with E-state index in [1.165, 1.54) is 11.0 Å². The van der Waals surface area contributed by atoms with E-state index in [9.17, 15) is 14.4 Å². The molecular weight excluding hydrogens is 575 g/mol. The molecule has 0 aliphatic carbocycles. The van der Waals surface area contributed by atoms with Crippen molar-refractivity contribution in [3.8, 4) is 5.75 Å². The number of aromatic nitrogens is 1. The molecule has 0 spiro atoms. The minimum absolute atomic E-state index is 0.0498. The maximum Gasteiger partial charge on any atom is 0.255 e. The third kappa shape index (κ3) is 7.46. The Labute approximate surface area is 254 Å². The summed E-state index contributed by atoms with van der Waals surface area (Å²) >= 11 is 13.1. The van der Waals surface area contributed by atoms with Crippen LogP contribution < -0.4 is 15.4 Å². The number of nitrogens with zero attached hydrogens (tertiary/aromatic N) is 2. The number of pyridine rings is 1. The first-order valence-electron chi connectivity index (χ1n) is 13.2. The number of likely N-dealkylation sites (N-methyl/N-ethyl adjacent to an activating group) is 1. The van der Waals surface area contributed by atoms with Crippen molar-refractivity contribution in [1.29, 1.82) is 0 Å². The predicted molar refractivity (Wildman–Crippen MR) is 166 cm³/mol. The molecule has 1 heterocycles. The third-order valence-electron chi connectivity index (χ3n) is 6.53. The number of amides is 3. The second-order valence-corrected chi connectivity index (χ2v) is 10.3. The fraction of sp³-hybridized carbons (Fsp3) is 0.188. The van der Waals surface area contributed by atoms with Crippen molar-refractivity contribution in [2.24, 2.45) is 0 Å². The van der Waals surface area contributed by atoms with Crippen LogP contribution in [0.5, 0.6) is 5.75 Å². The lowest BCUT2D eigenvalue weighted by atomic mass is 10.1. The van der Waals surface area contributed by atoms with Crippen LogP contribution in [0, 0.1) is 6.92 Å². The molecule has 8 nitrogen and oxygen atoms in total. The Balaban J connectivity index is 1.34. The van der Waals surface area contributed by atoms with Gasteiger partial charge in [0.1, 0.15) is 17.9 Å². The summed E-state index contributed by atoms with van der Waals surface area (Å²) in [5, 5.41) is 6.85. The molecule has 2 N–H and O–H groups in total. The highest BCUT2D eigenvalue weighted by Gasteiger charge is 2.20. The van der Waals surface area contributed by atoms with Crippen LogP contribution in [0.15, 0.2) is 72.8 Å². The minimum atomic E-state index is -0.318. The maximum absolute atomic E-state index is 13.2. The molecule has 3 amide bonds. The van der Waals surface area contributed by atoms with E-state index in [1.54, 1.807) is 56.6 Å². The molecule has 0 aliphatic rings. The number of para-hydroxylation sites is 1. The first-order valence-corrected chi connectivity index (χ1v) is 13.9. The van der Waals surface area contributed by atoms with Crippen LogP contribution >= 0.6 is 23.2 Å². The minimum Gasteiger partial charge on any atom is -0.487 e. The summed E-state index contributed by atoms with van der Waals surface area (Å²) in [5.74, 6) is -0.225. The number of nitrogens with one attached hydrogen (secondary N) is 2. The van der Waals surface area contributed by atoms with Gasteiger partial charge in [-0.3, -0.25) is 14.4 Å². The molecule has 4 aromatic rings. The zero-order valence-corrected chi connectivity index (χ0v) is 24.9. The highest BCUT2D eigenvalue weighted by Crippen LogP contribution is 2.31. The first-order chi connectivity index (χ1) is 20.2. The molecule has 0 fully saturated rings. The van der Waals surface area contributed by atoms with Crippen molar-refractivity contribution < 1.29 is 19.1 Å². The zero-order valence-electron chi connectivity index (χ0n) is 23.4. The average Bonchev–Trinajstić information content (AvgIpc) is 2.99. The number of benzene rings is 3. The van der Waals surface area contributed by atoms with Crippen molar-refractivity contribution in [1.82, 2.24) is 20.5 Å². The summed E-state index contributed by atoms with van der Waals surface area (Å²) in [6, 6.07) is 19.6. The summed E-state index contributed by atoms with van der Waals surface area (Å²) in [7, 11) is 3.19. The van der Waals surface area contributed by atoms with Crippen LogP contribution in [0.2, 0.25) is 10.0 Å². The fourth-order valence-corrected chi connectivity index (χ4v) is 4.71. The predicted octanol–water partition coefficient (Wildman–Crippen LogP) is 5.69. The maximum atomic E-state index is 13.2. The number of halogens is 2. The molecule has 0 saturated heterocycles. The van der Waals surface area contributed by atoms with Crippen LogP contribution in [-0.4, -0.2) is 54.8 Å². The van der Waals surface area contributed by atoms with E-state index < -0.39 is 0 Å². The van der Waals surface area contributed by atoms with Crippen molar-refractivity contribution in [3.63, 3.8) is 0 Å². The molecule has 0 radical (unpaired) electrons. The van der Waals surface area contributed by atoms with Gasteiger partial charge in [0.05, 0.1) is 10.6 Å². The van der Waals surface area contributed by atoms with Gasteiger partial charge in [0.15, 0.2) is 0 Å². The molecule has 1 aromatic heterocycles. The van der Waals surface area contributed by atoms with Gasteiger partial charge in [0, 0.05) is 60.5 Å². The van der Waals surface area contributed by atoms with Gasteiger partial charge in [0.2, 0.25) is 5.91 Å². The number of hydrogen-bond donors (Lipinski definition) is 2. The van der Waals surface area contributed by atoms with E-state index in [4.69, 9.17) is 27.9 Å². The Bertz CT molecular complexity index is 1650. The van der Waals surface area contributed by atoms with Crippen molar-refractivity contribution >= 4 is 57.9 Å². The second-order valence-electron chi connectivity index (χ2n) is 9.51. The quantitative estimate of drug-likeness (QED) is 0.226. The van der Waals surface area contributed by atoms with Gasteiger partial charge in [0.25, 0.3) is 11.8 Å². The SMILES string of the molecule is CNC(=O)c1ccc(/C=C/C(=O)NCCN(C)C(=O)c2ccc(Cl)c(COc3cccc4ccc(C)nc34)c2Cl)cc1. The molecule has 42 heavy (non-hydrogen) atoms. The number of aryl methyl sites for hydroxylation is 1. The molecule has 10 heteroatoms. The molecule has 0 atom stereocenters. The summed E-state index contributed by atoms with van der Waals surface area (Å²) in [6.45, 7) is 2.45.